The van der Waals surface area contributed by atoms with E-state index in [-0.39, 0.29) is 0 Å². The molecule has 0 heterocycles. The Morgan fingerprint density at radius 1 is 0.522 bits per heavy atom. The summed E-state index contributed by atoms with van der Waals surface area (Å²) in [4.78, 5) is 0. The molecule has 3 aromatic rings. The summed E-state index contributed by atoms with van der Waals surface area (Å²) in [6.07, 6.45) is 8.51. The van der Waals surface area contributed by atoms with E-state index in [0.29, 0.717) is 0 Å². The molecule has 0 aliphatic carbocycles. The van der Waals surface area contributed by atoms with E-state index < -0.39 is 0 Å². The van der Waals surface area contributed by atoms with Crippen molar-refractivity contribution in [1.82, 2.24) is 0 Å². The summed E-state index contributed by atoms with van der Waals surface area (Å²) in [5, 5.41) is 0. The van der Waals surface area contributed by atoms with E-state index in [9.17, 15) is 0 Å². The van der Waals surface area contributed by atoms with Gasteiger partial charge in [0.15, 0.2) is 0 Å². The highest BCUT2D eigenvalue weighted by Gasteiger charge is 1.97. The van der Waals surface area contributed by atoms with Gasteiger partial charge in [-0.2, -0.15) is 0 Å². The number of halogens is 1. The fourth-order valence-corrected chi connectivity index (χ4v) is 2.82. The Balaban J connectivity index is 1.76. The van der Waals surface area contributed by atoms with Crippen molar-refractivity contribution in [3.8, 4) is 0 Å². The van der Waals surface area contributed by atoms with Gasteiger partial charge in [-0.25, -0.2) is 0 Å². The van der Waals surface area contributed by atoms with Crippen molar-refractivity contribution >= 4 is 40.2 Å². The minimum Gasteiger partial charge on any atom is -0.0622 e. The second kappa shape index (κ2) is 7.75. The minimum atomic E-state index is 1.10. The minimum absolute atomic E-state index is 1.10. The summed E-state index contributed by atoms with van der Waals surface area (Å²) < 4.78 is 1.10. The van der Waals surface area contributed by atoms with Crippen LogP contribution in [0.25, 0.3) is 24.3 Å². The summed E-state index contributed by atoms with van der Waals surface area (Å²) in [6.45, 7) is 0. The first-order valence-corrected chi connectivity index (χ1v) is 8.36. The van der Waals surface area contributed by atoms with E-state index in [2.05, 4.69) is 82.7 Å². The fourth-order valence-electron chi connectivity index (χ4n) is 2.29. The van der Waals surface area contributed by atoms with Crippen LogP contribution in [0.3, 0.4) is 0 Å². The Kier molecular flexibility index (Phi) is 5.23. The van der Waals surface area contributed by atoms with Gasteiger partial charge in [0.1, 0.15) is 0 Å². The first-order valence-electron chi connectivity index (χ1n) is 7.57. The summed E-state index contributed by atoms with van der Waals surface area (Å²) in [5.41, 5.74) is 4.76. The maximum absolute atomic E-state index is 3.66. The molecule has 0 spiro atoms. The molecule has 23 heavy (non-hydrogen) atoms. The van der Waals surface area contributed by atoms with Crippen LogP contribution in [0.5, 0.6) is 0 Å². The van der Waals surface area contributed by atoms with Crippen LogP contribution in [0.2, 0.25) is 0 Å². The zero-order valence-corrected chi connectivity index (χ0v) is 14.3. The van der Waals surface area contributed by atoms with Gasteiger partial charge in [-0.1, -0.05) is 113 Å². The van der Waals surface area contributed by atoms with Crippen LogP contribution in [0, 0.1) is 0 Å². The number of hydrogen-bond donors (Lipinski definition) is 0. The van der Waals surface area contributed by atoms with Gasteiger partial charge < -0.3 is 0 Å². The Hall–Kier alpha value is -2.38. The van der Waals surface area contributed by atoms with Crippen molar-refractivity contribution < 1.29 is 0 Å². The highest BCUT2D eigenvalue weighted by Crippen LogP contribution is 2.22. The molecule has 0 aromatic heterocycles. The summed E-state index contributed by atoms with van der Waals surface area (Å²) in [7, 11) is 0. The van der Waals surface area contributed by atoms with Gasteiger partial charge in [-0.15, -0.1) is 0 Å². The molecule has 0 saturated carbocycles. The zero-order valence-electron chi connectivity index (χ0n) is 12.7. The van der Waals surface area contributed by atoms with E-state index in [4.69, 9.17) is 0 Å². The molecule has 0 amide bonds. The average molecular weight is 361 g/mol. The van der Waals surface area contributed by atoms with Crippen LogP contribution < -0.4 is 0 Å². The molecular formula is C22H17Br. The summed E-state index contributed by atoms with van der Waals surface area (Å²) in [6, 6.07) is 27.1. The second-order valence-electron chi connectivity index (χ2n) is 5.27. The predicted octanol–water partition coefficient (Wildman–Crippen LogP) is 6.79. The van der Waals surface area contributed by atoms with Gasteiger partial charge >= 0.3 is 0 Å². The molecule has 0 saturated heterocycles. The molecule has 0 unspecified atom stereocenters. The van der Waals surface area contributed by atoms with Crippen LogP contribution in [-0.2, 0) is 0 Å². The van der Waals surface area contributed by atoms with Gasteiger partial charge in [0.25, 0.3) is 0 Å². The molecule has 0 atom stereocenters. The maximum atomic E-state index is 3.66. The SMILES string of the molecule is Brc1cc(/C=C\c2ccccc2)ccc1/C=C/c1ccccc1. The van der Waals surface area contributed by atoms with Crippen molar-refractivity contribution in [2.45, 2.75) is 0 Å². The first kappa shape index (κ1) is 15.5. The number of hydrogen-bond acceptors (Lipinski definition) is 0. The molecule has 0 aliphatic rings. The van der Waals surface area contributed by atoms with Crippen molar-refractivity contribution in [2.75, 3.05) is 0 Å². The van der Waals surface area contributed by atoms with Gasteiger partial charge in [0.05, 0.1) is 0 Å². The zero-order chi connectivity index (χ0) is 15.9. The second-order valence-corrected chi connectivity index (χ2v) is 6.12. The van der Waals surface area contributed by atoms with Crippen LogP contribution in [0.15, 0.2) is 83.3 Å². The van der Waals surface area contributed by atoms with Crippen LogP contribution in [0.4, 0.5) is 0 Å². The van der Waals surface area contributed by atoms with Crippen molar-refractivity contribution in [2.24, 2.45) is 0 Å². The Morgan fingerprint density at radius 2 is 1.04 bits per heavy atom. The van der Waals surface area contributed by atoms with Gasteiger partial charge in [-0.05, 0) is 28.3 Å². The lowest BCUT2D eigenvalue weighted by atomic mass is 10.1. The molecule has 112 valence electrons. The third-order valence-corrected chi connectivity index (χ3v) is 4.23. The first-order chi connectivity index (χ1) is 11.3. The predicted molar refractivity (Wildman–Crippen MR) is 105 cm³/mol. The Morgan fingerprint density at radius 3 is 1.61 bits per heavy atom. The smallest absolute Gasteiger partial charge is 0.0253 e. The third kappa shape index (κ3) is 4.54. The summed E-state index contributed by atoms with van der Waals surface area (Å²) >= 11 is 3.66. The van der Waals surface area contributed by atoms with E-state index in [0.717, 1.165) is 4.47 Å². The van der Waals surface area contributed by atoms with Gasteiger partial charge in [-0.3, -0.25) is 0 Å². The van der Waals surface area contributed by atoms with Crippen LogP contribution >= 0.6 is 15.9 Å². The van der Waals surface area contributed by atoms with E-state index in [1.165, 1.54) is 22.3 Å². The molecule has 1 heteroatoms. The molecule has 0 radical (unpaired) electrons. The lowest BCUT2D eigenvalue weighted by Crippen LogP contribution is -1.79. The highest BCUT2D eigenvalue weighted by atomic mass is 79.9. The molecule has 0 nitrogen and oxygen atoms in total. The quantitative estimate of drug-likeness (QED) is 0.449. The average Bonchev–Trinajstić information content (AvgIpc) is 2.61. The fraction of sp³-hybridized carbons (Fsp3) is 0. The number of benzene rings is 3. The largest absolute Gasteiger partial charge is 0.0622 e. The monoisotopic (exact) mass is 360 g/mol. The molecule has 0 fully saturated rings. The maximum Gasteiger partial charge on any atom is 0.0253 e. The standard InChI is InChI=1S/C22H17Br/c23-22-17-20(12-11-18-7-3-1-4-8-18)14-16-21(22)15-13-19-9-5-2-6-10-19/h1-17H/b12-11-,15-13+. The topological polar surface area (TPSA) is 0 Å². The third-order valence-electron chi connectivity index (χ3n) is 3.55. The molecule has 0 aliphatic heterocycles. The number of rotatable bonds is 4. The Bertz CT molecular complexity index is 815. The van der Waals surface area contributed by atoms with Crippen molar-refractivity contribution in [3.05, 3.63) is 106 Å². The summed E-state index contributed by atoms with van der Waals surface area (Å²) in [5.74, 6) is 0. The van der Waals surface area contributed by atoms with Crippen molar-refractivity contribution in [3.63, 3.8) is 0 Å². The van der Waals surface area contributed by atoms with E-state index in [1.54, 1.807) is 0 Å². The van der Waals surface area contributed by atoms with Gasteiger partial charge in [0, 0.05) is 4.47 Å². The van der Waals surface area contributed by atoms with E-state index in [1.807, 2.05) is 36.4 Å². The normalized spacial score (nSPS) is 11.3. The molecule has 0 bridgehead atoms. The van der Waals surface area contributed by atoms with Crippen molar-refractivity contribution in [1.29, 1.82) is 0 Å². The highest BCUT2D eigenvalue weighted by molar-refractivity contribution is 9.10. The molecule has 3 aromatic carbocycles. The van der Waals surface area contributed by atoms with Gasteiger partial charge in [0.2, 0.25) is 0 Å². The van der Waals surface area contributed by atoms with E-state index >= 15 is 0 Å². The van der Waals surface area contributed by atoms with Crippen LogP contribution in [0.1, 0.15) is 22.3 Å². The Labute approximate surface area is 145 Å². The molecule has 0 N–H and O–H groups in total. The molecule has 3 rings (SSSR count). The van der Waals surface area contributed by atoms with Crippen LogP contribution in [-0.4, -0.2) is 0 Å². The lowest BCUT2D eigenvalue weighted by Gasteiger charge is -2.01. The molecular weight excluding hydrogens is 344 g/mol. The lowest BCUT2D eigenvalue weighted by molar-refractivity contribution is 1.57.